The molecule has 1 N–H and O–H groups in total. The Kier molecular flexibility index (Phi) is 3.94. The Morgan fingerprint density at radius 3 is 2.87 bits per heavy atom. The number of aromatic nitrogens is 3. The Bertz CT molecular complexity index is 1020. The summed E-state index contributed by atoms with van der Waals surface area (Å²) in [5, 5.41) is 12.4. The number of Topliss-reactive ketones (excluding diaryl/α,β-unsaturated/α-hetero) is 1. The molecule has 0 radical (unpaired) electrons. The first-order chi connectivity index (χ1) is 11.0. The highest BCUT2D eigenvalue weighted by molar-refractivity contribution is 7.09. The van der Waals surface area contributed by atoms with Crippen LogP contribution in [0.15, 0.2) is 28.4 Å². The summed E-state index contributed by atoms with van der Waals surface area (Å²) in [5.74, 6) is -1.74. The van der Waals surface area contributed by atoms with Gasteiger partial charge in [-0.15, -0.1) is 11.3 Å². The zero-order valence-electron chi connectivity index (χ0n) is 11.8. The average Bonchev–Trinajstić information content (AvgIpc) is 2.94. The van der Waals surface area contributed by atoms with E-state index in [-0.39, 0.29) is 11.5 Å². The van der Waals surface area contributed by atoms with Gasteiger partial charge in [-0.1, -0.05) is 11.6 Å². The van der Waals surface area contributed by atoms with Crippen molar-refractivity contribution in [1.29, 1.82) is 5.26 Å². The van der Waals surface area contributed by atoms with Crippen LogP contribution in [-0.2, 0) is 0 Å². The smallest absolute Gasteiger partial charge is 0.258 e. The van der Waals surface area contributed by atoms with Crippen LogP contribution < -0.4 is 5.56 Å². The molecule has 1 atom stereocenters. The molecule has 1 unspecified atom stereocenters. The summed E-state index contributed by atoms with van der Waals surface area (Å²) in [5.41, 5.74) is 0.0934. The van der Waals surface area contributed by atoms with Gasteiger partial charge in [-0.05, 0) is 25.1 Å². The van der Waals surface area contributed by atoms with Crippen molar-refractivity contribution in [3.63, 3.8) is 0 Å². The van der Waals surface area contributed by atoms with E-state index in [1.807, 2.05) is 6.07 Å². The van der Waals surface area contributed by atoms with Crippen molar-refractivity contribution in [3.8, 4) is 6.07 Å². The summed E-state index contributed by atoms with van der Waals surface area (Å²) in [6.45, 7) is 1.76. The van der Waals surface area contributed by atoms with Gasteiger partial charge in [0, 0.05) is 10.4 Å². The van der Waals surface area contributed by atoms with Crippen LogP contribution in [0.4, 0.5) is 0 Å². The van der Waals surface area contributed by atoms with Crippen LogP contribution in [-0.4, -0.2) is 20.7 Å². The molecule has 2 heterocycles. The molecule has 0 spiro atoms. The highest BCUT2D eigenvalue weighted by Crippen LogP contribution is 2.21. The topological polar surface area (TPSA) is 99.5 Å². The number of halogens is 1. The second-order valence-electron chi connectivity index (χ2n) is 4.79. The van der Waals surface area contributed by atoms with Gasteiger partial charge < -0.3 is 4.98 Å². The molecule has 3 aromatic rings. The molecule has 2 aromatic heterocycles. The minimum Gasteiger partial charge on any atom is -0.308 e. The van der Waals surface area contributed by atoms with Gasteiger partial charge in [0.2, 0.25) is 5.78 Å². The zero-order chi connectivity index (χ0) is 16.6. The normalized spacial score (nSPS) is 12.0. The highest BCUT2D eigenvalue weighted by atomic mass is 35.5. The number of nitriles is 1. The van der Waals surface area contributed by atoms with Crippen LogP contribution in [0.2, 0.25) is 5.02 Å². The maximum atomic E-state index is 12.4. The molecular weight excluding hydrogens is 336 g/mol. The molecule has 0 bridgehead atoms. The van der Waals surface area contributed by atoms with Crippen molar-refractivity contribution in [2.75, 3.05) is 0 Å². The van der Waals surface area contributed by atoms with E-state index in [0.29, 0.717) is 15.9 Å². The molecule has 0 aliphatic rings. The van der Waals surface area contributed by atoms with Crippen LogP contribution in [0, 0.1) is 18.3 Å². The van der Waals surface area contributed by atoms with Crippen molar-refractivity contribution in [2.45, 2.75) is 12.8 Å². The summed E-state index contributed by atoms with van der Waals surface area (Å²) in [6.07, 6.45) is 0. The van der Waals surface area contributed by atoms with Crippen LogP contribution in [0.1, 0.15) is 27.2 Å². The number of aryl methyl sites for hydroxylation is 1. The lowest BCUT2D eigenvalue weighted by atomic mass is 10.0. The Labute approximate surface area is 139 Å². The van der Waals surface area contributed by atoms with Gasteiger partial charge in [0.05, 0.1) is 22.0 Å². The Morgan fingerprint density at radius 1 is 1.43 bits per heavy atom. The fourth-order valence-corrected chi connectivity index (χ4v) is 2.90. The predicted octanol–water partition coefficient (Wildman–Crippen LogP) is 2.83. The molecule has 1 aromatic carbocycles. The lowest BCUT2D eigenvalue weighted by Gasteiger charge is -2.07. The first-order valence-electron chi connectivity index (χ1n) is 6.55. The predicted molar refractivity (Wildman–Crippen MR) is 86.9 cm³/mol. The third kappa shape index (κ3) is 2.86. The number of carbonyl (C=O) groups is 1. The maximum absolute atomic E-state index is 12.4. The Balaban J connectivity index is 2.12. The molecule has 8 heteroatoms. The molecule has 3 rings (SSSR count). The van der Waals surface area contributed by atoms with E-state index in [1.165, 1.54) is 17.4 Å². The molecular formula is C15H9ClN4O2S. The summed E-state index contributed by atoms with van der Waals surface area (Å²) >= 11 is 7.22. The summed E-state index contributed by atoms with van der Waals surface area (Å²) in [6, 6.07) is 6.51. The average molecular weight is 345 g/mol. The number of hydrogen-bond acceptors (Lipinski definition) is 6. The number of fused-ring (bicyclic) bond motifs is 1. The summed E-state index contributed by atoms with van der Waals surface area (Å²) in [7, 11) is 0. The van der Waals surface area contributed by atoms with E-state index < -0.39 is 17.3 Å². The molecule has 6 nitrogen and oxygen atoms in total. The fraction of sp³-hybridized carbons (Fsp3) is 0.133. The first kappa shape index (κ1) is 15.3. The molecule has 114 valence electrons. The highest BCUT2D eigenvalue weighted by Gasteiger charge is 2.26. The fourth-order valence-electron chi connectivity index (χ4n) is 2.14. The van der Waals surface area contributed by atoms with Gasteiger partial charge >= 0.3 is 0 Å². The second-order valence-corrected chi connectivity index (χ2v) is 6.29. The van der Waals surface area contributed by atoms with E-state index in [4.69, 9.17) is 11.6 Å². The van der Waals surface area contributed by atoms with Crippen molar-refractivity contribution in [2.24, 2.45) is 0 Å². The minimum absolute atomic E-state index is 0.0112. The zero-order valence-corrected chi connectivity index (χ0v) is 13.4. The van der Waals surface area contributed by atoms with Crippen LogP contribution in [0.3, 0.4) is 0 Å². The van der Waals surface area contributed by atoms with Crippen molar-refractivity contribution in [3.05, 3.63) is 55.5 Å². The number of H-pyrrole nitrogens is 1. The van der Waals surface area contributed by atoms with Gasteiger partial charge in [-0.3, -0.25) is 9.59 Å². The molecule has 0 aliphatic heterocycles. The number of rotatable bonds is 3. The largest absolute Gasteiger partial charge is 0.308 e. The van der Waals surface area contributed by atoms with Gasteiger partial charge in [0.1, 0.15) is 11.5 Å². The van der Waals surface area contributed by atoms with Gasteiger partial charge in [-0.2, -0.15) is 5.26 Å². The third-order valence-electron chi connectivity index (χ3n) is 3.22. The van der Waals surface area contributed by atoms with Gasteiger partial charge in [0.25, 0.3) is 5.56 Å². The third-order valence-corrected chi connectivity index (χ3v) is 4.23. The number of nitrogens with zero attached hydrogens (tertiary/aromatic N) is 3. The lowest BCUT2D eigenvalue weighted by molar-refractivity contribution is 0.0972. The van der Waals surface area contributed by atoms with Crippen molar-refractivity contribution >= 4 is 39.6 Å². The SMILES string of the molecule is Cc1nc(C(=O)C(C#N)c2nc3cc(Cl)ccc3c(=O)[nH]2)cs1. The number of hydrogen-bond donors (Lipinski definition) is 1. The first-order valence-corrected chi connectivity index (χ1v) is 7.81. The number of carbonyl (C=O) groups excluding carboxylic acids is 1. The van der Waals surface area contributed by atoms with Crippen molar-refractivity contribution < 1.29 is 4.79 Å². The molecule has 0 amide bonds. The summed E-state index contributed by atoms with van der Waals surface area (Å²) in [4.78, 5) is 35.4. The monoisotopic (exact) mass is 344 g/mol. The van der Waals surface area contributed by atoms with E-state index >= 15 is 0 Å². The summed E-state index contributed by atoms with van der Waals surface area (Å²) < 4.78 is 0. The number of ketones is 1. The maximum Gasteiger partial charge on any atom is 0.258 e. The molecule has 0 fully saturated rings. The van der Waals surface area contributed by atoms with E-state index in [0.717, 1.165) is 5.01 Å². The standard InChI is InChI=1S/C15H9ClN4O2S/c1-7-18-12(6-23-7)13(21)10(5-17)14-19-11-4-8(16)2-3-9(11)15(22)20-14/h2-4,6,10H,1H3,(H,19,20,22). The quantitative estimate of drug-likeness (QED) is 0.736. The number of thiazole rings is 1. The van der Waals surface area contributed by atoms with Gasteiger partial charge in [0.15, 0.2) is 5.92 Å². The van der Waals surface area contributed by atoms with E-state index in [2.05, 4.69) is 15.0 Å². The molecule has 0 saturated heterocycles. The molecule has 0 saturated carbocycles. The van der Waals surface area contributed by atoms with E-state index in [9.17, 15) is 14.9 Å². The number of aromatic amines is 1. The Morgan fingerprint density at radius 2 is 2.22 bits per heavy atom. The number of nitrogens with one attached hydrogen (secondary N) is 1. The number of benzene rings is 1. The Hall–Kier alpha value is -2.56. The molecule has 0 aliphatic carbocycles. The van der Waals surface area contributed by atoms with Crippen LogP contribution in [0.25, 0.3) is 10.9 Å². The minimum atomic E-state index is -1.23. The second kappa shape index (κ2) is 5.91. The van der Waals surface area contributed by atoms with Crippen LogP contribution >= 0.6 is 22.9 Å². The van der Waals surface area contributed by atoms with Crippen molar-refractivity contribution in [1.82, 2.24) is 15.0 Å². The lowest BCUT2D eigenvalue weighted by Crippen LogP contribution is -2.20. The van der Waals surface area contributed by atoms with Gasteiger partial charge in [-0.25, -0.2) is 9.97 Å². The van der Waals surface area contributed by atoms with Crippen LogP contribution in [0.5, 0.6) is 0 Å². The van der Waals surface area contributed by atoms with E-state index in [1.54, 1.807) is 24.4 Å². The molecule has 23 heavy (non-hydrogen) atoms.